The van der Waals surface area contributed by atoms with E-state index in [4.69, 9.17) is 0 Å². The summed E-state index contributed by atoms with van der Waals surface area (Å²) in [6, 6.07) is 16.9. The van der Waals surface area contributed by atoms with Crippen LogP contribution in [0.25, 0.3) is 0 Å². The Morgan fingerprint density at radius 2 is 1.33 bits per heavy atom. The molecule has 3 aromatic rings. The van der Waals surface area contributed by atoms with Gasteiger partial charge in [-0.25, -0.2) is 21.2 Å². The molecular weight excluding hydrogens is 467 g/mol. The summed E-state index contributed by atoms with van der Waals surface area (Å²) in [7, 11) is -9.51. The van der Waals surface area contributed by atoms with E-state index in [2.05, 4.69) is 5.32 Å². The number of nitrogens with zero attached hydrogens (tertiary/aromatic N) is 1. The molecule has 0 heterocycles. The second kappa shape index (κ2) is 9.72. The van der Waals surface area contributed by atoms with Crippen LogP contribution < -0.4 is 9.03 Å². The molecule has 7 nitrogen and oxygen atoms in total. The zero-order valence-electron chi connectivity index (χ0n) is 18.0. The lowest BCUT2D eigenvalue weighted by Gasteiger charge is -2.25. The van der Waals surface area contributed by atoms with Gasteiger partial charge in [0.15, 0.2) is 0 Å². The van der Waals surface area contributed by atoms with Crippen molar-refractivity contribution in [2.75, 3.05) is 9.03 Å². The molecule has 0 aromatic heterocycles. The molecule has 0 saturated heterocycles. The predicted molar refractivity (Wildman–Crippen MR) is 124 cm³/mol. The number of sulfonamides is 2. The van der Waals surface area contributed by atoms with Crippen LogP contribution in [0.4, 0.5) is 15.8 Å². The molecule has 0 aliphatic carbocycles. The molecule has 0 aliphatic rings. The maximum Gasteiger partial charge on any atom is 0.277 e. The van der Waals surface area contributed by atoms with Crippen LogP contribution in [0, 0.1) is 11.7 Å². The zero-order chi connectivity index (χ0) is 24.2. The van der Waals surface area contributed by atoms with Gasteiger partial charge in [0.2, 0.25) is 5.91 Å². The van der Waals surface area contributed by atoms with Crippen LogP contribution in [-0.4, -0.2) is 22.7 Å². The van der Waals surface area contributed by atoms with Crippen molar-refractivity contribution in [1.29, 1.82) is 0 Å². The van der Waals surface area contributed by atoms with Gasteiger partial charge in [0.05, 0.1) is 9.79 Å². The molecule has 0 bridgehead atoms. The monoisotopic (exact) mass is 490 g/mol. The highest BCUT2D eigenvalue weighted by atomic mass is 32.3. The summed E-state index contributed by atoms with van der Waals surface area (Å²) in [5, 5.41) is 2.56. The summed E-state index contributed by atoms with van der Waals surface area (Å²) in [5.74, 6) is -1.40. The third-order valence-electron chi connectivity index (χ3n) is 4.54. The number of hydrogen-bond acceptors (Lipinski definition) is 5. The smallest absolute Gasteiger partial charge is 0.277 e. The number of hydrogen-bond donors (Lipinski definition) is 1. The summed E-state index contributed by atoms with van der Waals surface area (Å²) >= 11 is 0. The molecule has 0 saturated carbocycles. The molecule has 0 aliphatic heterocycles. The first-order valence-corrected chi connectivity index (χ1v) is 12.9. The Hall–Kier alpha value is -3.24. The van der Waals surface area contributed by atoms with E-state index in [1.54, 1.807) is 12.1 Å². The van der Waals surface area contributed by atoms with E-state index >= 15 is 0 Å². The molecule has 0 spiro atoms. The van der Waals surface area contributed by atoms with E-state index in [9.17, 15) is 26.0 Å². The van der Waals surface area contributed by atoms with Crippen molar-refractivity contribution in [3.63, 3.8) is 0 Å². The van der Waals surface area contributed by atoms with Gasteiger partial charge in [-0.3, -0.25) is 4.79 Å². The van der Waals surface area contributed by atoms with Gasteiger partial charge in [-0.05, 0) is 48.4 Å². The molecule has 0 atom stereocenters. The number of amides is 1. The number of rotatable bonds is 8. The van der Waals surface area contributed by atoms with Crippen LogP contribution in [-0.2, 0) is 24.8 Å². The van der Waals surface area contributed by atoms with E-state index in [1.807, 2.05) is 13.8 Å². The van der Waals surface area contributed by atoms with E-state index < -0.39 is 31.6 Å². The van der Waals surface area contributed by atoms with E-state index in [1.165, 1.54) is 54.6 Å². The summed E-state index contributed by atoms with van der Waals surface area (Å²) in [6.07, 6.45) is 0.182. The van der Waals surface area contributed by atoms with E-state index in [-0.39, 0.29) is 37.4 Å². The number of anilines is 2. The van der Waals surface area contributed by atoms with Gasteiger partial charge in [-0.1, -0.05) is 50.2 Å². The van der Waals surface area contributed by atoms with Crippen LogP contribution in [0.15, 0.2) is 88.7 Å². The van der Waals surface area contributed by atoms with Crippen molar-refractivity contribution >= 4 is 37.3 Å². The number of carbonyl (C=O) groups excluding carboxylic acids is 1. The fourth-order valence-electron chi connectivity index (χ4n) is 3.08. The van der Waals surface area contributed by atoms with Crippen LogP contribution in [0.5, 0.6) is 0 Å². The van der Waals surface area contributed by atoms with E-state index in [0.29, 0.717) is 0 Å². The highest BCUT2D eigenvalue weighted by Gasteiger charge is 2.38. The summed E-state index contributed by atoms with van der Waals surface area (Å²) in [6.45, 7) is 3.69. The van der Waals surface area contributed by atoms with Crippen LogP contribution in [0.1, 0.15) is 20.3 Å². The molecule has 0 unspecified atom stereocenters. The predicted octanol–water partition coefficient (Wildman–Crippen LogP) is 4.39. The van der Waals surface area contributed by atoms with Crippen molar-refractivity contribution in [2.24, 2.45) is 5.92 Å². The highest BCUT2D eigenvalue weighted by Crippen LogP contribution is 2.34. The molecule has 0 radical (unpaired) electrons. The number of halogens is 1. The lowest BCUT2D eigenvalue weighted by Crippen LogP contribution is -2.37. The van der Waals surface area contributed by atoms with Crippen molar-refractivity contribution in [3.05, 3.63) is 84.7 Å². The third kappa shape index (κ3) is 5.40. The molecule has 3 rings (SSSR count). The average molecular weight is 491 g/mol. The van der Waals surface area contributed by atoms with Crippen molar-refractivity contribution in [2.45, 2.75) is 30.1 Å². The lowest BCUT2D eigenvalue weighted by atomic mass is 10.1. The van der Waals surface area contributed by atoms with Gasteiger partial charge in [0.1, 0.15) is 11.5 Å². The van der Waals surface area contributed by atoms with Gasteiger partial charge in [-0.2, -0.15) is 3.71 Å². The van der Waals surface area contributed by atoms with E-state index in [0.717, 1.165) is 12.1 Å². The highest BCUT2D eigenvalue weighted by molar-refractivity contribution is 8.10. The quantitative estimate of drug-likeness (QED) is 0.505. The maximum absolute atomic E-state index is 15.0. The Morgan fingerprint density at radius 1 is 0.848 bits per heavy atom. The van der Waals surface area contributed by atoms with Crippen LogP contribution in [0.2, 0.25) is 0 Å². The minimum absolute atomic E-state index is 0.0540. The number of nitrogens with one attached hydrogen (secondary N) is 1. The van der Waals surface area contributed by atoms with Crippen molar-refractivity contribution in [3.8, 4) is 0 Å². The van der Waals surface area contributed by atoms with Crippen LogP contribution >= 0.6 is 0 Å². The first kappa shape index (κ1) is 24.4. The van der Waals surface area contributed by atoms with Gasteiger partial charge >= 0.3 is 0 Å². The first-order chi connectivity index (χ1) is 15.5. The Balaban J connectivity index is 2.21. The standard InChI is InChI=1S/C23H23FN2O5S2/c1-17(2)15-23(27)25-18-13-14-21(24)22(16-18)26(32(28,29)19-9-5-3-6-10-19)33(30,31)20-11-7-4-8-12-20/h3-14,16-17H,15H2,1-2H3,(H,25,27). The number of carbonyl (C=O) groups is 1. The SMILES string of the molecule is CC(C)CC(=O)Nc1ccc(F)c(N(S(=O)(=O)c2ccccc2)S(=O)(=O)c2ccccc2)c1. The summed E-state index contributed by atoms with van der Waals surface area (Å²) < 4.78 is 69.0. The second-order valence-electron chi connectivity index (χ2n) is 7.65. The fourth-order valence-corrected chi connectivity index (χ4v) is 6.81. The minimum atomic E-state index is -4.75. The Labute approximate surface area is 193 Å². The third-order valence-corrected chi connectivity index (χ3v) is 8.72. The summed E-state index contributed by atoms with van der Waals surface area (Å²) in [5.41, 5.74) is -0.668. The minimum Gasteiger partial charge on any atom is -0.326 e. The Kier molecular flexibility index (Phi) is 7.19. The molecule has 0 fully saturated rings. The molecule has 3 aromatic carbocycles. The van der Waals surface area contributed by atoms with Gasteiger partial charge < -0.3 is 5.32 Å². The number of benzene rings is 3. The van der Waals surface area contributed by atoms with Crippen molar-refractivity contribution < 1.29 is 26.0 Å². The van der Waals surface area contributed by atoms with Gasteiger partial charge in [0, 0.05) is 12.1 Å². The zero-order valence-corrected chi connectivity index (χ0v) is 19.6. The van der Waals surface area contributed by atoms with Gasteiger partial charge in [0.25, 0.3) is 20.0 Å². The Morgan fingerprint density at radius 3 is 1.79 bits per heavy atom. The maximum atomic E-state index is 15.0. The molecule has 1 amide bonds. The van der Waals surface area contributed by atoms with Crippen molar-refractivity contribution in [1.82, 2.24) is 0 Å². The lowest BCUT2D eigenvalue weighted by molar-refractivity contribution is -0.116. The van der Waals surface area contributed by atoms with Crippen LogP contribution in [0.3, 0.4) is 0 Å². The topological polar surface area (TPSA) is 101 Å². The average Bonchev–Trinajstić information content (AvgIpc) is 2.76. The fraction of sp³-hybridized carbons (Fsp3) is 0.174. The normalized spacial score (nSPS) is 11.9. The molecule has 10 heteroatoms. The molecule has 33 heavy (non-hydrogen) atoms. The largest absolute Gasteiger partial charge is 0.326 e. The molecule has 1 N–H and O–H groups in total. The second-order valence-corrected chi connectivity index (χ2v) is 11.5. The first-order valence-electron chi connectivity index (χ1n) is 10.0. The molecule has 174 valence electrons. The summed E-state index contributed by atoms with van der Waals surface area (Å²) in [4.78, 5) is 11.5. The molecular formula is C23H23FN2O5S2. The Bertz CT molecular complexity index is 1270. The van der Waals surface area contributed by atoms with Gasteiger partial charge in [-0.15, -0.1) is 0 Å².